The molecule has 3 aromatic heterocycles. The molecule has 0 aliphatic carbocycles. The number of carboxylic acid groups (broad SMARTS) is 1. The molecule has 4 unspecified atom stereocenters. The van der Waals surface area contributed by atoms with Gasteiger partial charge in [0.1, 0.15) is 36.4 Å². The number of rotatable bonds is 7. The first-order chi connectivity index (χ1) is 19.7. The molecular weight excluding hydrogens is 558 g/mol. The first-order valence-electron chi connectivity index (χ1n) is 12.5. The van der Waals surface area contributed by atoms with E-state index >= 15 is 0 Å². The van der Waals surface area contributed by atoms with Crippen LogP contribution in [0.2, 0.25) is 5.15 Å². The van der Waals surface area contributed by atoms with E-state index in [1.807, 2.05) is 18.2 Å². The molecule has 15 heteroatoms. The lowest BCUT2D eigenvalue weighted by Crippen LogP contribution is -2.34. The molecule has 2 aliphatic heterocycles. The Morgan fingerprint density at radius 1 is 1.07 bits per heavy atom. The standard InChI is InChI=1S/C26H24ClN7O7/c1-26(2)40-18-15(10-38-16-9-8-14(24(35)36)20(27)32-16)39-23(19(18)41-26)34-12-30-17-21(28-11-29-22(17)34)33-25(37)31-13-6-4-3-5-7-13/h3-9,11-12,15,18-19,23H,10H2,1-2H3,(H,35,36)(H2,28,29,31,33,37). The fraction of sp³-hybridized carbons (Fsp3) is 0.308. The highest BCUT2D eigenvalue weighted by molar-refractivity contribution is 6.32. The van der Waals surface area contributed by atoms with Gasteiger partial charge in [0.05, 0.1) is 11.9 Å². The fourth-order valence-electron chi connectivity index (χ4n) is 4.76. The highest BCUT2D eigenvalue weighted by Gasteiger charge is 2.56. The number of aromatic carboxylic acids is 1. The number of hydrogen-bond acceptors (Lipinski definition) is 10. The molecule has 2 aliphatic rings. The summed E-state index contributed by atoms with van der Waals surface area (Å²) in [7, 11) is 0. The van der Waals surface area contributed by atoms with Crippen molar-refractivity contribution in [2.75, 3.05) is 17.2 Å². The van der Waals surface area contributed by atoms with E-state index in [1.54, 1.807) is 30.5 Å². The maximum Gasteiger partial charge on any atom is 0.338 e. The predicted molar refractivity (Wildman–Crippen MR) is 144 cm³/mol. The molecule has 5 heterocycles. The van der Waals surface area contributed by atoms with E-state index in [0.717, 1.165) is 0 Å². The van der Waals surface area contributed by atoms with Gasteiger partial charge in [-0.15, -0.1) is 0 Å². The third-order valence-corrected chi connectivity index (χ3v) is 6.76. The predicted octanol–water partition coefficient (Wildman–Crippen LogP) is 3.71. The van der Waals surface area contributed by atoms with Crippen LogP contribution < -0.4 is 15.4 Å². The number of imidazole rings is 1. The van der Waals surface area contributed by atoms with Gasteiger partial charge in [0.2, 0.25) is 5.88 Å². The number of benzene rings is 1. The lowest BCUT2D eigenvalue weighted by molar-refractivity contribution is -0.199. The normalized spacial score (nSPS) is 22.8. The summed E-state index contributed by atoms with van der Waals surface area (Å²) >= 11 is 5.98. The molecule has 2 saturated heterocycles. The third-order valence-electron chi connectivity index (χ3n) is 6.47. The number of para-hydroxylation sites is 1. The molecule has 2 amide bonds. The van der Waals surface area contributed by atoms with Crippen molar-refractivity contribution < 1.29 is 33.6 Å². The molecular formula is C26H24ClN7O7. The number of urea groups is 1. The summed E-state index contributed by atoms with van der Waals surface area (Å²) in [5.41, 5.74) is 1.25. The van der Waals surface area contributed by atoms with E-state index in [2.05, 4.69) is 30.6 Å². The molecule has 4 aromatic rings. The van der Waals surface area contributed by atoms with E-state index in [0.29, 0.717) is 16.9 Å². The molecule has 6 rings (SSSR count). The van der Waals surface area contributed by atoms with Crippen molar-refractivity contribution in [3.05, 3.63) is 65.8 Å². The summed E-state index contributed by atoms with van der Waals surface area (Å²) in [5.74, 6) is -1.74. The zero-order valence-corrected chi connectivity index (χ0v) is 22.5. The van der Waals surface area contributed by atoms with Crippen LogP contribution in [0.4, 0.5) is 16.3 Å². The lowest BCUT2D eigenvalue weighted by atomic mass is 10.1. The zero-order chi connectivity index (χ0) is 28.7. The average Bonchev–Trinajstić information content (AvgIpc) is 3.59. The second-order valence-corrected chi connectivity index (χ2v) is 10.1. The van der Waals surface area contributed by atoms with Crippen LogP contribution >= 0.6 is 11.6 Å². The Morgan fingerprint density at radius 3 is 2.61 bits per heavy atom. The van der Waals surface area contributed by atoms with Crippen molar-refractivity contribution in [1.29, 1.82) is 0 Å². The molecule has 41 heavy (non-hydrogen) atoms. The zero-order valence-electron chi connectivity index (χ0n) is 21.7. The van der Waals surface area contributed by atoms with Gasteiger partial charge in [-0.05, 0) is 32.0 Å². The SMILES string of the molecule is CC1(C)OC2C(COc3ccc(C(=O)O)c(Cl)n3)OC(n3cnc4c(NC(=O)Nc5ccccc5)ncnc43)C2O1. The monoisotopic (exact) mass is 581 g/mol. The maximum atomic E-state index is 12.6. The number of aromatic nitrogens is 5. The number of halogens is 1. The summed E-state index contributed by atoms with van der Waals surface area (Å²) in [4.78, 5) is 40.8. The van der Waals surface area contributed by atoms with Gasteiger partial charge < -0.3 is 29.4 Å². The number of fused-ring (bicyclic) bond motifs is 2. The van der Waals surface area contributed by atoms with Gasteiger partial charge in [0.15, 0.2) is 29.0 Å². The van der Waals surface area contributed by atoms with Gasteiger partial charge in [-0.3, -0.25) is 9.88 Å². The number of hydrogen-bond donors (Lipinski definition) is 3. The summed E-state index contributed by atoms with van der Waals surface area (Å²) in [6.07, 6.45) is 0.488. The maximum absolute atomic E-state index is 12.6. The van der Waals surface area contributed by atoms with Gasteiger partial charge >= 0.3 is 12.0 Å². The molecule has 0 saturated carbocycles. The fourth-order valence-corrected chi connectivity index (χ4v) is 4.99. The minimum absolute atomic E-state index is 0.0148. The highest BCUT2D eigenvalue weighted by atomic mass is 35.5. The molecule has 0 radical (unpaired) electrons. The minimum Gasteiger partial charge on any atom is -0.478 e. The number of carbonyl (C=O) groups is 2. The molecule has 3 N–H and O–H groups in total. The van der Waals surface area contributed by atoms with Crippen molar-refractivity contribution >= 4 is 46.3 Å². The van der Waals surface area contributed by atoms with Crippen LogP contribution in [0, 0.1) is 0 Å². The van der Waals surface area contributed by atoms with Crippen molar-refractivity contribution in [1.82, 2.24) is 24.5 Å². The molecule has 0 bridgehead atoms. The van der Waals surface area contributed by atoms with Crippen LogP contribution in [0.25, 0.3) is 11.2 Å². The van der Waals surface area contributed by atoms with Crippen LogP contribution in [0.15, 0.2) is 55.1 Å². The number of nitrogens with one attached hydrogen (secondary N) is 2. The summed E-state index contributed by atoms with van der Waals surface area (Å²) in [6, 6.07) is 11.2. The van der Waals surface area contributed by atoms with Gasteiger partial charge in [0.25, 0.3) is 0 Å². The van der Waals surface area contributed by atoms with Gasteiger partial charge in [0, 0.05) is 11.8 Å². The minimum atomic E-state index is -1.19. The quantitative estimate of drug-likeness (QED) is 0.272. The van der Waals surface area contributed by atoms with Crippen LogP contribution in [0.5, 0.6) is 5.88 Å². The van der Waals surface area contributed by atoms with Crippen LogP contribution in [-0.4, -0.2) is 72.3 Å². The number of ether oxygens (including phenoxy) is 4. The third kappa shape index (κ3) is 5.37. The van der Waals surface area contributed by atoms with E-state index in [4.69, 9.17) is 35.7 Å². The van der Waals surface area contributed by atoms with E-state index in [9.17, 15) is 9.59 Å². The first-order valence-corrected chi connectivity index (χ1v) is 12.9. The van der Waals surface area contributed by atoms with Crippen molar-refractivity contribution in [3.63, 3.8) is 0 Å². The molecule has 1 aromatic carbocycles. The largest absolute Gasteiger partial charge is 0.478 e. The Labute approximate surface area is 237 Å². The highest BCUT2D eigenvalue weighted by Crippen LogP contribution is 2.44. The number of carboxylic acids is 1. The van der Waals surface area contributed by atoms with E-state index in [-0.39, 0.29) is 29.0 Å². The molecule has 0 spiro atoms. The second kappa shape index (κ2) is 10.6. The topological polar surface area (TPSA) is 172 Å². The second-order valence-electron chi connectivity index (χ2n) is 9.73. The number of amides is 2. The Morgan fingerprint density at radius 2 is 1.85 bits per heavy atom. The smallest absolute Gasteiger partial charge is 0.338 e. The number of pyridine rings is 1. The Bertz CT molecular complexity index is 1620. The van der Waals surface area contributed by atoms with Crippen LogP contribution in [0.3, 0.4) is 0 Å². The van der Waals surface area contributed by atoms with Gasteiger partial charge in [-0.25, -0.2) is 29.5 Å². The molecule has 212 valence electrons. The van der Waals surface area contributed by atoms with Crippen molar-refractivity contribution in [2.24, 2.45) is 0 Å². The number of anilines is 2. The summed E-state index contributed by atoms with van der Waals surface area (Å²) < 4.78 is 26.1. The summed E-state index contributed by atoms with van der Waals surface area (Å²) in [5, 5.41) is 14.4. The Balaban J connectivity index is 1.22. The number of nitrogens with zero attached hydrogens (tertiary/aromatic N) is 5. The summed E-state index contributed by atoms with van der Waals surface area (Å²) in [6.45, 7) is 3.61. The van der Waals surface area contributed by atoms with Crippen molar-refractivity contribution in [2.45, 2.75) is 44.2 Å². The van der Waals surface area contributed by atoms with E-state index in [1.165, 1.54) is 24.8 Å². The van der Waals surface area contributed by atoms with Gasteiger partial charge in [-0.1, -0.05) is 29.8 Å². The molecule has 4 atom stereocenters. The molecule has 2 fully saturated rings. The Kier molecular flexibility index (Phi) is 6.91. The Hall–Kier alpha value is -4.37. The average molecular weight is 582 g/mol. The van der Waals surface area contributed by atoms with E-state index < -0.39 is 42.3 Å². The first kappa shape index (κ1) is 26.8. The van der Waals surface area contributed by atoms with Crippen LogP contribution in [-0.2, 0) is 14.2 Å². The van der Waals surface area contributed by atoms with Gasteiger partial charge in [-0.2, -0.15) is 0 Å². The number of carbonyl (C=O) groups excluding carboxylic acids is 1. The van der Waals surface area contributed by atoms with Crippen molar-refractivity contribution in [3.8, 4) is 5.88 Å². The molecule has 14 nitrogen and oxygen atoms in total. The lowest BCUT2D eigenvalue weighted by Gasteiger charge is -2.24. The van der Waals surface area contributed by atoms with Crippen LogP contribution in [0.1, 0.15) is 30.4 Å².